The third-order valence-electron chi connectivity index (χ3n) is 5.14. The maximum atomic E-state index is 13.1. The quantitative estimate of drug-likeness (QED) is 0.382. The highest BCUT2D eigenvalue weighted by Gasteiger charge is 2.37. The van der Waals surface area contributed by atoms with Gasteiger partial charge in [-0.15, -0.1) is 0 Å². The lowest BCUT2D eigenvalue weighted by Crippen LogP contribution is -2.43. The van der Waals surface area contributed by atoms with Crippen molar-refractivity contribution in [1.29, 1.82) is 0 Å². The summed E-state index contributed by atoms with van der Waals surface area (Å²) in [5, 5.41) is 4.08. The molecule has 0 saturated heterocycles. The van der Waals surface area contributed by atoms with Crippen molar-refractivity contribution in [3.63, 3.8) is 0 Å². The number of esters is 1. The first-order chi connectivity index (χ1) is 15.9. The fourth-order valence-corrected chi connectivity index (χ4v) is 3.58. The molecular weight excluding hydrogens is 464 g/mol. The van der Waals surface area contributed by atoms with E-state index in [1.165, 1.54) is 0 Å². The first kappa shape index (κ1) is 25.1. The Hall–Kier alpha value is -3.56. The summed E-state index contributed by atoms with van der Waals surface area (Å²) in [6, 6.07) is 12.4. The molecule has 4 nitrogen and oxygen atoms in total. The summed E-state index contributed by atoms with van der Waals surface area (Å²) in [4.78, 5) is 24.8. The van der Waals surface area contributed by atoms with Gasteiger partial charge >= 0.3 is 18.3 Å². The Labute approximate surface area is 190 Å². The topological polar surface area (TPSA) is 55.4 Å². The van der Waals surface area contributed by atoms with Crippen molar-refractivity contribution in [2.24, 2.45) is 0 Å². The summed E-state index contributed by atoms with van der Waals surface area (Å²) < 4.78 is 83.2. The smallest absolute Gasteiger partial charge is 0.416 e. The number of benzene rings is 3. The molecule has 34 heavy (non-hydrogen) atoms. The van der Waals surface area contributed by atoms with Gasteiger partial charge in [0.2, 0.25) is 5.91 Å². The molecule has 0 spiro atoms. The van der Waals surface area contributed by atoms with Gasteiger partial charge in [-0.2, -0.15) is 26.3 Å². The average Bonchev–Trinajstić information content (AvgIpc) is 2.77. The fourth-order valence-electron chi connectivity index (χ4n) is 3.58. The van der Waals surface area contributed by atoms with Gasteiger partial charge in [-0.3, -0.25) is 4.79 Å². The van der Waals surface area contributed by atoms with Crippen LogP contribution in [0.25, 0.3) is 10.8 Å². The van der Waals surface area contributed by atoms with E-state index in [2.05, 4.69) is 5.32 Å². The molecule has 10 heteroatoms. The number of ether oxygens (including phenoxy) is 1. The van der Waals surface area contributed by atoms with E-state index in [9.17, 15) is 35.9 Å². The Morgan fingerprint density at radius 3 is 2.06 bits per heavy atom. The predicted octanol–water partition coefficient (Wildman–Crippen LogP) is 5.32. The van der Waals surface area contributed by atoms with Crippen molar-refractivity contribution >= 4 is 22.6 Å². The Kier molecular flexibility index (Phi) is 7.18. The molecule has 0 aliphatic rings. The van der Waals surface area contributed by atoms with Crippen LogP contribution in [0.3, 0.4) is 0 Å². The van der Waals surface area contributed by atoms with E-state index in [4.69, 9.17) is 4.74 Å². The van der Waals surface area contributed by atoms with Crippen LogP contribution in [-0.2, 0) is 39.5 Å². The van der Waals surface area contributed by atoms with Crippen molar-refractivity contribution in [2.45, 2.75) is 31.2 Å². The van der Waals surface area contributed by atoms with Crippen molar-refractivity contribution in [1.82, 2.24) is 5.32 Å². The molecule has 0 saturated carbocycles. The number of rotatable bonds is 6. The molecule has 3 rings (SSSR count). The summed E-state index contributed by atoms with van der Waals surface area (Å²) in [6.07, 6.45) is -10.9. The summed E-state index contributed by atoms with van der Waals surface area (Å²) in [6.45, 7) is 0. The Bertz CT molecular complexity index is 1170. The Morgan fingerprint density at radius 2 is 1.47 bits per heavy atom. The molecule has 0 aliphatic carbocycles. The van der Waals surface area contributed by atoms with Crippen LogP contribution in [-0.4, -0.2) is 25.0 Å². The molecule has 0 aromatic heterocycles. The number of alkyl halides is 6. The van der Waals surface area contributed by atoms with Crippen LogP contribution in [0.15, 0.2) is 60.7 Å². The number of amides is 1. The number of fused-ring (bicyclic) bond motifs is 1. The highest BCUT2D eigenvalue weighted by Crippen LogP contribution is 2.36. The highest BCUT2D eigenvalue weighted by molar-refractivity contribution is 5.88. The second-order valence-corrected chi connectivity index (χ2v) is 7.58. The summed E-state index contributed by atoms with van der Waals surface area (Å²) in [7, 11) is 1.10. The van der Waals surface area contributed by atoms with Crippen LogP contribution in [0.1, 0.15) is 22.3 Å². The number of nitrogens with one attached hydrogen (secondary N) is 1. The molecule has 0 fully saturated rings. The van der Waals surface area contributed by atoms with Gasteiger partial charge in [-0.05, 0) is 40.1 Å². The lowest BCUT2D eigenvalue weighted by molar-refractivity contribution is -0.145. The van der Waals surface area contributed by atoms with Crippen molar-refractivity contribution in [2.75, 3.05) is 7.11 Å². The largest absolute Gasteiger partial charge is 0.467 e. The number of halogens is 6. The van der Waals surface area contributed by atoms with E-state index in [0.717, 1.165) is 17.9 Å². The first-order valence-corrected chi connectivity index (χ1v) is 10.0. The molecule has 1 N–H and O–H groups in total. The molecule has 0 bridgehead atoms. The SMILES string of the molecule is COC(=O)[C@@H](Cc1cccc2ccccc12)NC(=O)Cc1cc(C(F)(F)F)cc(C(F)(F)F)c1. The zero-order chi connectivity index (χ0) is 25.1. The van der Waals surface area contributed by atoms with Gasteiger partial charge in [0.25, 0.3) is 0 Å². The maximum Gasteiger partial charge on any atom is 0.416 e. The summed E-state index contributed by atoms with van der Waals surface area (Å²) in [5.74, 6) is -1.73. The van der Waals surface area contributed by atoms with E-state index in [1.807, 2.05) is 24.3 Å². The first-order valence-electron chi connectivity index (χ1n) is 10.0. The van der Waals surface area contributed by atoms with Crippen LogP contribution >= 0.6 is 0 Å². The molecule has 0 radical (unpaired) electrons. The number of carbonyl (C=O) groups excluding carboxylic acids is 2. The van der Waals surface area contributed by atoms with Gasteiger partial charge in [0.05, 0.1) is 24.7 Å². The normalized spacial score (nSPS) is 12.9. The minimum absolute atomic E-state index is 0.0101. The van der Waals surface area contributed by atoms with Gasteiger partial charge in [0.15, 0.2) is 0 Å². The van der Waals surface area contributed by atoms with Crippen molar-refractivity contribution < 1.29 is 40.7 Å². The zero-order valence-electron chi connectivity index (χ0n) is 17.8. The lowest BCUT2D eigenvalue weighted by Gasteiger charge is -2.18. The molecule has 0 heterocycles. The zero-order valence-corrected chi connectivity index (χ0v) is 17.8. The van der Waals surface area contributed by atoms with Gasteiger partial charge in [-0.25, -0.2) is 4.79 Å². The van der Waals surface area contributed by atoms with Crippen LogP contribution < -0.4 is 5.32 Å². The predicted molar refractivity (Wildman–Crippen MR) is 112 cm³/mol. The standard InChI is InChI=1S/C24H19F6NO3/c1-34-22(33)20(12-16-7-4-6-15-5-2-3-8-19(15)16)31-21(32)11-14-9-17(23(25,26)27)13-18(10-14)24(28,29)30/h2-10,13,20H,11-12H2,1H3,(H,31,32)/t20-/m1/s1. The maximum absolute atomic E-state index is 13.1. The summed E-state index contributed by atoms with van der Waals surface area (Å²) in [5.41, 5.74) is -2.84. The second-order valence-electron chi connectivity index (χ2n) is 7.58. The van der Waals surface area contributed by atoms with Crippen molar-refractivity contribution in [3.8, 4) is 0 Å². The summed E-state index contributed by atoms with van der Waals surface area (Å²) >= 11 is 0. The molecule has 0 aliphatic heterocycles. The van der Waals surface area contributed by atoms with Crippen LogP contribution in [0.2, 0.25) is 0 Å². The molecular formula is C24H19F6NO3. The number of methoxy groups -OCH3 is 1. The minimum atomic E-state index is -5.03. The molecule has 1 atom stereocenters. The van der Waals surface area contributed by atoms with E-state index >= 15 is 0 Å². The third-order valence-corrected chi connectivity index (χ3v) is 5.14. The number of hydrogen-bond donors (Lipinski definition) is 1. The molecule has 3 aromatic carbocycles. The average molecular weight is 483 g/mol. The van der Waals surface area contributed by atoms with E-state index in [1.54, 1.807) is 18.2 Å². The molecule has 1 amide bonds. The van der Waals surface area contributed by atoms with E-state index < -0.39 is 53.4 Å². The van der Waals surface area contributed by atoms with Crippen LogP contribution in [0.4, 0.5) is 26.3 Å². The molecule has 180 valence electrons. The number of hydrogen-bond acceptors (Lipinski definition) is 3. The van der Waals surface area contributed by atoms with Crippen LogP contribution in [0, 0.1) is 0 Å². The third kappa shape index (κ3) is 6.06. The molecule has 0 unspecified atom stereocenters. The number of carbonyl (C=O) groups is 2. The van der Waals surface area contributed by atoms with Gasteiger partial charge in [-0.1, -0.05) is 42.5 Å². The lowest BCUT2D eigenvalue weighted by atomic mass is 9.98. The van der Waals surface area contributed by atoms with E-state index in [-0.39, 0.29) is 12.5 Å². The van der Waals surface area contributed by atoms with Gasteiger partial charge in [0, 0.05) is 6.42 Å². The fraction of sp³-hybridized carbons (Fsp3) is 0.250. The van der Waals surface area contributed by atoms with E-state index in [0.29, 0.717) is 17.7 Å². The Morgan fingerprint density at radius 1 is 0.882 bits per heavy atom. The van der Waals surface area contributed by atoms with Crippen molar-refractivity contribution in [3.05, 3.63) is 82.9 Å². The highest BCUT2D eigenvalue weighted by atomic mass is 19.4. The van der Waals surface area contributed by atoms with Crippen LogP contribution in [0.5, 0.6) is 0 Å². The Balaban J connectivity index is 1.85. The van der Waals surface area contributed by atoms with Gasteiger partial charge < -0.3 is 10.1 Å². The monoisotopic (exact) mass is 483 g/mol. The minimum Gasteiger partial charge on any atom is -0.467 e. The van der Waals surface area contributed by atoms with Gasteiger partial charge in [0.1, 0.15) is 6.04 Å². The second kappa shape index (κ2) is 9.74. The molecule has 3 aromatic rings.